The van der Waals surface area contributed by atoms with E-state index in [9.17, 15) is 24.5 Å². The molecule has 1 aliphatic rings. The zero-order valence-corrected chi connectivity index (χ0v) is 11.3. The SMILES string of the molecule is CC(C)(CN1C(=O)c2cccc([N+](=O)[O-])c2C1=O)C(=O)O. The van der Waals surface area contributed by atoms with E-state index in [1.54, 1.807) is 0 Å². The number of imide groups is 1. The second-order valence-electron chi connectivity index (χ2n) is 5.34. The van der Waals surface area contributed by atoms with Gasteiger partial charge in [-0.3, -0.25) is 29.4 Å². The molecule has 0 radical (unpaired) electrons. The summed E-state index contributed by atoms with van der Waals surface area (Å²) in [4.78, 5) is 46.5. The van der Waals surface area contributed by atoms with E-state index < -0.39 is 33.8 Å². The van der Waals surface area contributed by atoms with Crippen molar-refractivity contribution in [2.75, 3.05) is 6.54 Å². The molecular weight excluding hydrogens is 280 g/mol. The van der Waals surface area contributed by atoms with Crippen molar-refractivity contribution in [2.45, 2.75) is 13.8 Å². The lowest BCUT2D eigenvalue weighted by Gasteiger charge is -2.24. The summed E-state index contributed by atoms with van der Waals surface area (Å²) in [5, 5.41) is 20.0. The Kier molecular flexibility index (Phi) is 3.24. The van der Waals surface area contributed by atoms with Gasteiger partial charge in [0.05, 0.1) is 15.9 Å². The smallest absolute Gasteiger partial charge is 0.310 e. The summed E-state index contributed by atoms with van der Waals surface area (Å²) in [6.45, 7) is 2.38. The number of carbonyl (C=O) groups excluding carboxylic acids is 2. The lowest BCUT2D eigenvalue weighted by molar-refractivity contribution is -0.385. The van der Waals surface area contributed by atoms with Gasteiger partial charge in [0.15, 0.2) is 0 Å². The molecule has 2 rings (SSSR count). The van der Waals surface area contributed by atoms with Gasteiger partial charge in [0, 0.05) is 12.6 Å². The average Bonchev–Trinajstić information content (AvgIpc) is 2.63. The normalized spacial score (nSPS) is 14.3. The molecule has 0 atom stereocenters. The molecule has 1 aromatic rings. The first-order valence-corrected chi connectivity index (χ1v) is 6.04. The summed E-state index contributed by atoms with van der Waals surface area (Å²) in [6, 6.07) is 3.76. The van der Waals surface area contributed by atoms with Crippen molar-refractivity contribution < 1.29 is 24.4 Å². The van der Waals surface area contributed by atoms with Gasteiger partial charge in [-0.15, -0.1) is 0 Å². The van der Waals surface area contributed by atoms with Crippen molar-refractivity contribution in [1.82, 2.24) is 4.90 Å². The van der Waals surface area contributed by atoms with Gasteiger partial charge in [0.2, 0.25) is 0 Å². The Hall–Kier alpha value is -2.77. The van der Waals surface area contributed by atoms with Crippen LogP contribution < -0.4 is 0 Å². The van der Waals surface area contributed by atoms with Crippen LogP contribution in [-0.2, 0) is 4.79 Å². The largest absolute Gasteiger partial charge is 0.481 e. The van der Waals surface area contributed by atoms with Crippen molar-refractivity contribution in [2.24, 2.45) is 5.41 Å². The van der Waals surface area contributed by atoms with E-state index in [0.717, 1.165) is 11.0 Å². The van der Waals surface area contributed by atoms with Crippen molar-refractivity contribution in [3.8, 4) is 0 Å². The van der Waals surface area contributed by atoms with Crippen LogP contribution in [0.5, 0.6) is 0 Å². The highest BCUT2D eigenvalue weighted by Crippen LogP contribution is 2.32. The van der Waals surface area contributed by atoms with Crippen LogP contribution in [0.4, 0.5) is 5.69 Å². The number of hydrogen-bond donors (Lipinski definition) is 1. The molecule has 21 heavy (non-hydrogen) atoms. The Morgan fingerprint density at radius 3 is 2.48 bits per heavy atom. The maximum absolute atomic E-state index is 12.2. The van der Waals surface area contributed by atoms with Crippen LogP contribution in [0.1, 0.15) is 34.6 Å². The van der Waals surface area contributed by atoms with Gasteiger partial charge in [0.1, 0.15) is 5.56 Å². The van der Waals surface area contributed by atoms with Gasteiger partial charge in [-0.1, -0.05) is 6.07 Å². The minimum absolute atomic E-state index is 0.0737. The van der Waals surface area contributed by atoms with E-state index in [2.05, 4.69) is 0 Å². The van der Waals surface area contributed by atoms with Gasteiger partial charge < -0.3 is 5.11 Å². The summed E-state index contributed by atoms with van der Waals surface area (Å²) in [6.07, 6.45) is 0. The van der Waals surface area contributed by atoms with Crippen LogP contribution in [0.2, 0.25) is 0 Å². The number of rotatable bonds is 4. The fourth-order valence-electron chi connectivity index (χ4n) is 2.07. The number of nitro benzene ring substituents is 1. The topological polar surface area (TPSA) is 118 Å². The van der Waals surface area contributed by atoms with E-state index in [0.29, 0.717) is 0 Å². The maximum Gasteiger partial charge on any atom is 0.310 e. The van der Waals surface area contributed by atoms with Gasteiger partial charge in [-0.05, 0) is 19.9 Å². The number of carbonyl (C=O) groups is 3. The Morgan fingerprint density at radius 2 is 1.95 bits per heavy atom. The van der Waals surface area contributed by atoms with Gasteiger partial charge in [0.25, 0.3) is 17.5 Å². The summed E-state index contributed by atoms with van der Waals surface area (Å²) in [5.74, 6) is -2.72. The first-order chi connectivity index (χ1) is 9.66. The number of amides is 2. The van der Waals surface area contributed by atoms with E-state index in [4.69, 9.17) is 5.11 Å². The highest BCUT2D eigenvalue weighted by molar-refractivity contribution is 6.23. The predicted octanol–water partition coefficient (Wildman–Crippen LogP) is 1.30. The lowest BCUT2D eigenvalue weighted by atomic mass is 9.93. The number of hydrogen-bond acceptors (Lipinski definition) is 5. The van der Waals surface area contributed by atoms with Crippen molar-refractivity contribution in [3.63, 3.8) is 0 Å². The van der Waals surface area contributed by atoms with E-state index in [1.807, 2.05) is 0 Å². The van der Waals surface area contributed by atoms with Crippen LogP contribution in [0, 0.1) is 15.5 Å². The molecule has 0 fully saturated rings. The number of nitro groups is 1. The van der Waals surface area contributed by atoms with Crippen LogP contribution in [-0.4, -0.2) is 39.3 Å². The summed E-state index contributed by atoms with van der Waals surface area (Å²) >= 11 is 0. The van der Waals surface area contributed by atoms with E-state index >= 15 is 0 Å². The molecule has 0 spiro atoms. The third kappa shape index (κ3) is 2.24. The second kappa shape index (κ2) is 4.65. The van der Waals surface area contributed by atoms with Gasteiger partial charge in [-0.25, -0.2) is 0 Å². The molecule has 1 aliphatic heterocycles. The number of fused-ring (bicyclic) bond motifs is 1. The monoisotopic (exact) mass is 292 g/mol. The van der Waals surface area contributed by atoms with Crippen molar-refractivity contribution in [3.05, 3.63) is 39.4 Å². The summed E-state index contributed by atoms with van der Waals surface area (Å²) in [5.41, 5.74) is -2.16. The predicted molar refractivity (Wildman–Crippen MR) is 69.9 cm³/mol. The number of nitrogens with zero attached hydrogens (tertiary/aromatic N) is 2. The number of carboxylic acids is 1. The van der Waals surface area contributed by atoms with E-state index in [1.165, 1.54) is 26.0 Å². The van der Waals surface area contributed by atoms with Crippen molar-refractivity contribution in [1.29, 1.82) is 0 Å². The van der Waals surface area contributed by atoms with Gasteiger partial charge in [-0.2, -0.15) is 0 Å². The van der Waals surface area contributed by atoms with Crippen LogP contribution >= 0.6 is 0 Å². The third-order valence-electron chi connectivity index (χ3n) is 3.31. The van der Waals surface area contributed by atoms with Crippen LogP contribution in [0.3, 0.4) is 0 Å². The Balaban J connectivity index is 2.46. The molecule has 0 unspecified atom stereocenters. The van der Waals surface area contributed by atoms with Crippen molar-refractivity contribution >= 4 is 23.5 Å². The molecule has 8 nitrogen and oxygen atoms in total. The molecule has 0 aromatic heterocycles. The molecule has 1 N–H and O–H groups in total. The maximum atomic E-state index is 12.2. The molecule has 8 heteroatoms. The first-order valence-electron chi connectivity index (χ1n) is 6.04. The van der Waals surface area contributed by atoms with Crippen LogP contribution in [0.25, 0.3) is 0 Å². The summed E-state index contributed by atoms with van der Waals surface area (Å²) < 4.78 is 0. The minimum Gasteiger partial charge on any atom is -0.481 e. The molecular formula is C13H12N2O6. The highest BCUT2D eigenvalue weighted by atomic mass is 16.6. The quantitative estimate of drug-likeness (QED) is 0.507. The van der Waals surface area contributed by atoms with E-state index in [-0.39, 0.29) is 17.7 Å². The highest BCUT2D eigenvalue weighted by Gasteiger charge is 2.44. The average molecular weight is 292 g/mol. The Labute approximate surface area is 119 Å². The molecule has 1 aromatic carbocycles. The Bertz CT molecular complexity index is 679. The standard InChI is InChI=1S/C13H12N2O6/c1-13(2,12(18)19)6-14-10(16)7-4-3-5-8(15(20)21)9(7)11(14)17/h3-5H,6H2,1-2H3,(H,18,19). The van der Waals surface area contributed by atoms with Gasteiger partial charge >= 0.3 is 5.97 Å². The number of carboxylic acid groups (broad SMARTS) is 1. The number of aliphatic carboxylic acids is 1. The Morgan fingerprint density at radius 1 is 1.33 bits per heavy atom. The zero-order chi connectivity index (χ0) is 15.9. The first kappa shape index (κ1) is 14.6. The molecule has 0 aliphatic carbocycles. The number of benzene rings is 1. The lowest BCUT2D eigenvalue weighted by Crippen LogP contribution is -2.42. The zero-order valence-electron chi connectivity index (χ0n) is 11.3. The fraction of sp³-hybridized carbons (Fsp3) is 0.308. The third-order valence-corrected chi connectivity index (χ3v) is 3.31. The molecule has 0 saturated carbocycles. The summed E-state index contributed by atoms with van der Waals surface area (Å²) in [7, 11) is 0. The minimum atomic E-state index is -1.35. The molecule has 1 heterocycles. The molecule has 0 saturated heterocycles. The van der Waals surface area contributed by atoms with Crippen LogP contribution in [0.15, 0.2) is 18.2 Å². The molecule has 2 amide bonds. The molecule has 0 bridgehead atoms. The fourth-order valence-corrected chi connectivity index (χ4v) is 2.07. The molecule has 110 valence electrons. The second-order valence-corrected chi connectivity index (χ2v) is 5.34.